The van der Waals surface area contributed by atoms with Gasteiger partial charge in [0.05, 0.1) is 24.5 Å². The second-order valence-corrected chi connectivity index (χ2v) is 7.67. The van der Waals surface area contributed by atoms with Gasteiger partial charge in [-0.25, -0.2) is 0 Å². The average Bonchev–Trinajstić information content (AvgIpc) is 2.90. The molecule has 146 valence electrons. The van der Waals surface area contributed by atoms with Crippen molar-refractivity contribution in [3.05, 3.63) is 35.4 Å². The molecule has 1 heterocycles. The summed E-state index contributed by atoms with van der Waals surface area (Å²) in [5, 5.41) is 2.84. The van der Waals surface area contributed by atoms with Crippen molar-refractivity contribution < 1.29 is 19.1 Å². The Morgan fingerprint density at radius 1 is 1.11 bits per heavy atom. The molecule has 0 bridgehead atoms. The zero-order valence-corrected chi connectivity index (χ0v) is 16.1. The fourth-order valence-electron chi connectivity index (χ4n) is 3.91. The summed E-state index contributed by atoms with van der Waals surface area (Å²) in [6.45, 7) is 4.60. The van der Waals surface area contributed by atoms with Crippen LogP contribution in [-0.2, 0) is 32.3 Å². The number of amides is 3. The largest absolute Gasteiger partial charge is 0.374 e. The number of carbonyl (C=O) groups excluding carboxylic acids is 3. The van der Waals surface area contributed by atoms with E-state index in [1.165, 1.54) is 0 Å². The molecule has 1 N–H and O–H groups in total. The summed E-state index contributed by atoms with van der Waals surface area (Å²) in [5.74, 6) is -1.09. The van der Waals surface area contributed by atoms with E-state index < -0.39 is 0 Å². The Balaban J connectivity index is 1.56. The zero-order chi connectivity index (χ0) is 19.4. The minimum Gasteiger partial charge on any atom is -0.374 e. The molecular formula is C21H28N2O4. The Morgan fingerprint density at radius 3 is 2.30 bits per heavy atom. The van der Waals surface area contributed by atoms with Crippen LogP contribution >= 0.6 is 0 Å². The monoisotopic (exact) mass is 372 g/mol. The Morgan fingerprint density at radius 2 is 1.70 bits per heavy atom. The molecule has 3 rings (SSSR count). The van der Waals surface area contributed by atoms with Crippen LogP contribution in [0.15, 0.2) is 24.3 Å². The number of carbonyl (C=O) groups is 3. The molecule has 2 atom stereocenters. The van der Waals surface area contributed by atoms with Crippen LogP contribution in [0.4, 0.5) is 0 Å². The van der Waals surface area contributed by atoms with Gasteiger partial charge < -0.3 is 10.1 Å². The van der Waals surface area contributed by atoms with Crippen molar-refractivity contribution in [1.82, 2.24) is 10.2 Å². The lowest BCUT2D eigenvalue weighted by molar-refractivity contribution is -0.143. The van der Waals surface area contributed by atoms with Crippen molar-refractivity contribution in [3.8, 4) is 0 Å². The van der Waals surface area contributed by atoms with Crippen molar-refractivity contribution >= 4 is 17.7 Å². The van der Waals surface area contributed by atoms with Crippen molar-refractivity contribution in [2.75, 3.05) is 6.54 Å². The summed E-state index contributed by atoms with van der Waals surface area (Å²) < 4.78 is 5.66. The smallest absolute Gasteiger partial charge is 0.240 e. The molecule has 6 nitrogen and oxygen atoms in total. The molecule has 0 aromatic heterocycles. The maximum atomic E-state index is 12.5. The summed E-state index contributed by atoms with van der Waals surface area (Å²) >= 11 is 0. The Kier molecular flexibility index (Phi) is 6.26. The summed E-state index contributed by atoms with van der Waals surface area (Å²) in [6, 6.07) is 7.77. The minimum atomic E-state index is -0.310. The first-order chi connectivity index (χ1) is 13.0. The molecule has 0 radical (unpaired) electrons. The van der Waals surface area contributed by atoms with Crippen LogP contribution in [0, 0.1) is 11.8 Å². The molecule has 1 aliphatic heterocycles. The lowest BCUT2D eigenvalue weighted by Crippen LogP contribution is -2.40. The molecule has 1 saturated heterocycles. The fraction of sp³-hybridized carbons (Fsp3) is 0.571. The van der Waals surface area contributed by atoms with Gasteiger partial charge in [0.2, 0.25) is 17.7 Å². The van der Waals surface area contributed by atoms with Gasteiger partial charge in [-0.15, -0.1) is 0 Å². The van der Waals surface area contributed by atoms with E-state index in [1.807, 2.05) is 38.1 Å². The van der Waals surface area contributed by atoms with E-state index in [0.717, 1.165) is 41.7 Å². The van der Waals surface area contributed by atoms with Crippen LogP contribution in [0.1, 0.15) is 50.7 Å². The molecule has 1 aromatic carbocycles. The number of imide groups is 1. The topological polar surface area (TPSA) is 75.7 Å². The van der Waals surface area contributed by atoms with Crippen LogP contribution in [0.5, 0.6) is 0 Å². The molecule has 2 aliphatic rings. The quantitative estimate of drug-likeness (QED) is 0.746. The number of hydrogen-bond donors (Lipinski definition) is 1. The number of rotatable bonds is 7. The molecule has 2 unspecified atom stereocenters. The van der Waals surface area contributed by atoms with Crippen molar-refractivity contribution in [2.24, 2.45) is 11.8 Å². The van der Waals surface area contributed by atoms with Gasteiger partial charge in [0.25, 0.3) is 0 Å². The van der Waals surface area contributed by atoms with Gasteiger partial charge in [-0.05, 0) is 37.8 Å². The lowest BCUT2D eigenvalue weighted by atomic mass is 9.81. The first-order valence-corrected chi connectivity index (χ1v) is 9.77. The molecule has 1 aliphatic carbocycles. The SMILES string of the molecule is CC(C)OCc1ccccc1CNC(=O)CN1C(=O)C2CCCCC2C1=O. The fourth-order valence-corrected chi connectivity index (χ4v) is 3.91. The third kappa shape index (κ3) is 4.56. The second-order valence-electron chi connectivity index (χ2n) is 7.67. The number of nitrogens with one attached hydrogen (secondary N) is 1. The van der Waals surface area contributed by atoms with Gasteiger partial charge in [-0.1, -0.05) is 37.1 Å². The van der Waals surface area contributed by atoms with E-state index in [2.05, 4.69) is 5.32 Å². The minimum absolute atomic E-state index is 0.128. The molecule has 3 amide bonds. The van der Waals surface area contributed by atoms with E-state index in [-0.39, 0.29) is 42.2 Å². The summed E-state index contributed by atoms with van der Waals surface area (Å²) in [5.41, 5.74) is 1.99. The third-order valence-corrected chi connectivity index (χ3v) is 5.40. The summed E-state index contributed by atoms with van der Waals surface area (Å²) in [6.07, 6.45) is 3.61. The van der Waals surface area contributed by atoms with Gasteiger partial charge in [0, 0.05) is 6.54 Å². The number of ether oxygens (including phenoxy) is 1. The predicted molar refractivity (Wildman–Crippen MR) is 100 cm³/mol. The predicted octanol–water partition coefficient (Wildman–Crippen LogP) is 2.40. The highest BCUT2D eigenvalue weighted by Gasteiger charge is 2.48. The highest BCUT2D eigenvalue weighted by Crippen LogP contribution is 2.37. The number of fused-ring (bicyclic) bond motifs is 1. The first kappa shape index (κ1) is 19.5. The van der Waals surface area contributed by atoms with Crippen LogP contribution in [0.2, 0.25) is 0 Å². The highest BCUT2D eigenvalue weighted by molar-refractivity contribution is 6.07. The van der Waals surface area contributed by atoms with Gasteiger partial charge >= 0.3 is 0 Å². The molecule has 1 aromatic rings. The van der Waals surface area contributed by atoms with Crippen LogP contribution in [0.3, 0.4) is 0 Å². The second kappa shape index (κ2) is 8.65. The molecule has 27 heavy (non-hydrogen) atoms. The van der Waals surface area contributed by atoms with Crippen molar-refractivity contribution in [2.45, 2.75) is 58.8 Å². The highest BCUT2D eigenvalue weighted by atomic mass is 16.5. The van der Waals surface area contributed by atoms with Gasteiger partial charge in [0.15, 0.2) is 0 Å². The standard InChI is InChI=1S/C21H28N2O4/c1-14(2)27-13-16-8-4-3-7-15(16)11-22-19(24)12-23-20(25)17-9-5-6-10-18(17)21(23)26/h3-4,7-8,14,17-18H,5-6,9-13H2,1-2H3,(H,22,24). The van der Waals surface area contributed by atoms with Crippen molar-refractivity contribution in [1.29, 1.82) is 0 Å². The summed E-state index contributed by atoms with van der Waals surface area (Å²) in [7, 11) is 0. The maximum absolute atomic E-state index is 12.5. The average molecular weight is 372 g/mol. The van der Waals surface area contributed by atoms with E-state index in [4.69, 9.17) is 4.74 Å². The normalized spacial score (nSPS) is 22.3. The van der Waals surface area contributed by atoms with Crippen molar-refractivity contribution in [3.63, 3.8) is 0 Å². The first-order valence-electron chi connectivity index (χ1n) is 9.77. The molecule has 6 heteroatoms. The van der Waals surface area contributed by atoms with E-state index in [1.54, 1.807) is 0 Å². The number of benzene rings is 1. The molecule has 1 saturated carbocycles. The van der Waals surface area contributed by atoms with Gasteiger partial charge in [-0.2, -0.15) is 0 Å². The maximum Gasteiger partial charge on any atom is 0.240 e. The Bertz CT molecular complexity index is 692. The lowest BCUT2D eigenvalue weighted by Gasteiger charge is -2.19. The Labute approximate surface area is 160 Å². The van der Waals surface area contributed by atoms with Crippen LogP contribution in [-0.4, -0.2) is 35.3 Å². The Hall–Kier alpha value is -2.21. The van der Waals surface area contributed by atoms with E-state index in [0.29, 0.717) is 13.2 Å². The molecule has 2 fully saturated rings. The van der Waals surface area contributed by atoms with Crippen LogP contribution < -0.4 is 5.32 Å². The van der Waals surface area contributed by atoms with E-state index >= 15 is 0 Å². The number of hydrogen-bond acceptors (Lipinski definition) is 4. The van der Waals surface area contributed by atoms with Gasteiger partial charge in [-0.3, -0.25) is 19.3 Å². The third-order valence-electron chi connectivity index (χ3n) is 5.40. The molecule has 0 spiro atoms. The number of nitrogens with zero attached hydrogens (tertiary/aromatic N) is 1. The van der Waals surface area contributed by atoms with E-state index in [9.17, 15) is 14.4 Å². The van der Waals surface area contributed by atoms with Crippen LogP contribution in [0.25, 0.3) is 0 Å². The summed E-state index contributed by atoms with van der Waals surface area (Å²) in [4.78, 5) is 38.5. The van der Waals surface area contributed by atoms with Gasteiger partial charge in [0.1, 0.15) is 6.54 Å². The number of likely N-dealkylation sites (tertiary alicyclic amines) is 1. The molecular weight excluding hydrogens is 344 g/mol. The zero-order valence-electron chi connectivity index (χ0n) is 16.1.